The Morgan fingerprint density at radius 1 is 1.19 bits per heavy atom. The minimum atomic E-state index is -0.617. The van der Waals surface area contributed by atoms with Gasteiger partial charge in [0.1, 0.15) is 5.75 Å². The van der Waals surface area contributed by atoms with Crippen molar-refractivity contribution in [3.05, 3.63) is 53.7 Å². The van der Waals surface area contributed by atoms with Gasteiger partial charge in [-0.1, -0.05) is 36.4 Å². The molecule has 1 heterocycles. The van der Waals surface area contributed by atoms with E-state index in [9.17, 15) is 5.11 Å². The molecule has 1 N–H and O–H groups in total. The first-order chi connectivity index (χ1) is 10.1. The van der Waals surface area contributed by atoms with Gasteiger partial charge in [-0.3, -0.25) is 0 Å². The van der Waals surface area contributed by atoms with E-state index in [1.54, 1.807) is 13.8 Å². The first kappa shape index (κ1) is 13.6. The molecule has 0 bridgehead atoms. The quantitative estimate of drug-likeness (QED) is 0.797. The second kappa shape index (κ2) is 5.54. The van der Waals surface area contributed by atoms with Crippen LogP contribution in [0.4, 0.5) is 0 Å². The maximum Gasteiger partial charge on any atom is 0.253 e. The summed E-state index contributed by atoms with van der Waals surface area (Å²) in [6.45, 7) is 3.62. The standard InChI is InChI=1S/C16H16N2O3/c1-10(19)13-8-7-12-5-3-4-6-14(12)16(13)20-9-15-18-17-11(2)21-15/h3-8,10,19H,9H2,1-2H3. The molecule has 108 valence electrons. The van der Waals surface area contributed by atoms with E-state index in [4.69, 9.17) is 9.15 Å². The van der Waals surface area contributed by atoms with Gasteiger partial charge in [0.25, 0.3) is 5.89 Å². The van der Waals surface area contributed by atoms with Crippen LogP contribution in [0.5, 0.6) is 5.75 Å². The lowest BCUT2D eigenvalue weighted by molar-refractivity contribution is 0.188. The van der Waals surface area contributed by atoms with E-state index in [0.717, 1.165) is 16.3 Å². The summed E-state index contributed by atoms with van der Waals surface area (Å²) < 4.78 is 11.2. The van der Waals surface area contributed by atoms with Gasteiger partial charge in [-0.25, -0.2) is 0 Å². The molecule has 5 heteroatoms. The van der Waals surface area contributed by atoms with E-state index >= 15 is 0 Å². The monoisotopic (exact) mass is 284 g/mol. The normalized spacial score (nSPS) is 12.5. The molecule has 0 saturated heterocycles. The molecule has 0 amide bonds. The number of aryl methyl sites for hydroxylation is 1. The van der Waals surface area contributed by atoms with Crippen LogP contribution in [0.25, 0.3) is 10.8 Å². The number of aliphatic hydroxyl groups is 1. The molecule has 0 radical (unpaired) electrons. The molecule has 1 atom stereocenters. The Labute approximate surface area is 122 Å². The molecule has 3 rings (SSSR count). The number of aliphatic hydroxyl groups excluding tert-OH is 1. The van der Waals surface area contributed by atoms with Gasteiger partial charge < -0.3 is 14.3 Å². The second-order valence-corrected chi connectivity index (χ2v) is 4.88. The summed E-state index contributed by atoms with van der Waals surface area (Å²) in [7, 11) is 0. The number of rotatable bonds is 4. The van der Waals surface area contributed by atoms with Crippen molar-refractivity contribution < 1.29 is 14.3 Å². The van der Waals surface area contributed by atoms with Crippen LogP contribution >= 0.6 is 0 Å². The summed E-state index contributed by atoms with van der Waals surface area (Å²) >= 11 is 0. The van der Waals surface area contributed by atoms with E-state index in [-0.39, 0.29) is 6.61 Å². The lowest BCUT2D eigenvalue weighted by Crippen LogP contribution is -2.02. The summed E-state index contributed by atoms with van der Waals surface area (Å²) in [4.78, 5) is 0. The van der Waals surface area contributed by atoms with Crippen molar-refractivity contribution in [1.29, 1.82) is 0 Å². The predicted octanol–water partition coefficient (Wildman–Crippen LogP) is 3.16. The molecule has 3 aromatic rings. The van der Waals surface area contributed by atoms with Crippen LogP contribution in [0, 0.1) is 6.92 Å². The highest BCUT2D eigenvalue weighted by molar-refractivity contribution is 5.89. The van der Waals surface area contributed by atoms with Crippen molar-refractivity contribution in [3.8, 4) is 5.75 Å². The van der Waals surface area contributed by atoms with Crippen LogP contribution in [0.1, 0.15) is 30.4 Å². The SMILES string of the molecule is Cc1nnc(COc2c(C(C)O)ccc3ccccc23)o1. The van der Waals surface area contributed by atoms with Crippen LogP contribution in [0.15, 0.2) is 40.8 Å². The summed E-state index contributed by atoms with van der Waals surface area (Å²) in [5.74, 6) is 1.57. The Hall–Kier alpha value is -2.40. The number of benzene rings is 2. The fraction of sp³-hybridized carbons (Fsp3) is 0.250. The number of hydrogen-bond donors (Lipinski definition) is 1. The Kier molecular flexibility index (Phi) is 3.58. The molecule has 0 aliphatic carbocycles. The molecule has 2 aromatic carbocycles. The molecule has 0 spiro atoms. The van der Waals surface area contributed by atoms with Gasteiger partial charge in [0.05, 0.1) is 6.10 Å². The van der Waals surface area contributed by atoms with E-state index < -0.39 is 6.10 Å². The Morgan fingerprint density at radius 2 is 2.00 bits per heavy atom. The third-order valence-electron chi connectivity index (χ3n) is 3.27. The highest BCUT2D eigenvalue weighted by atomic mass is 16.5. The topological polar surface area (TPSA) is 68.4 Å². The zero-order valence-corrected chi connectivity index (χ0v) is 11.9. The van der Waals surface area contributed by atoms with Crippen molar-refractivity contribution in [3.63, 3.8) is 0 Å². The van der Waals surface area contributed by atoms with Crippen molar-refractivity contribution in [1.82, 2.24) is 10.2 Å². The number of ether oxygens (including phenoxy) is 1. The van der Waals surface area contributed by atoms with Gasteiger partial charge >= 0.3 is 0 Å². The zero-order valence-electron chi connectivity index (χ0n) is 11.9. The summed E-state index contributed by atoms with van der Waals surface area (Å²) in [5.41, 5.74) is 0.741. The molecule has 0 fully saturated rings. The highest BCUT2D eigenvalue weighted by Gasteiger charge is 2.14. The fourth-order valence-corrected chi connectivity index (χ4v) is 2.28. The number of nitrogens with zero attached hydrogens (tertiary/aromatic N) is 2. The zero-order chi connectivity index (χ0) is 14.8. The van der Waals surface area contributed by atoms with Gasteiger partial charge in [0.2, 0.25) is 5.89 Å². The maximum absolute atomic E-state index is 9.93. The third kappa shape index (κ3) is 2.73. The van der Waals surface area contributed by atoms with E-state index in [2.05, 4.69) is 10.2 Å². The van der Waals surface area contributed by atoms with Crippen LogP contribution in [-0.2, 0) is 6.61 Å². The van der Waals surface area contributed by atoms with Crippen LogP contribution in [-0.4, -0.2) is 15.3 Å². The molecule has 5 nitrogen and oxygen atoms in total. The Morgan fingerprint density at radius 3 is 2.71 bits per heavy atom. The highest BCUT2D eigenvalue weighted by Crippen LogP contribution is 2.34. The molecule has 21 heavy (non-hydrogen) atoms. The summed E-state index contributed by atoms with van der Waals surface area (Å²) in [5, 5.41) is 19.6. The predicted molar refractivity (Wildman–Crippen MR) is 77.9 cm³/mol. The van der Waals surface area contributed by atoms with Crippen LogP contribution < -0.4 is 4.74 Å². The summed E-state index contributed by atoms with van der Waals surface area (Å²) in [6, 6.07) is 11.7. The number of aromatic nitrogens is 2. The second-order valence-electron chi connectivity index (χ2n) is 4.88. The van der Waals surface area contributed by atoms with Gasteiger partial charge in [-0.05, 0) is 12.3 Å². The number of fused-ring (bicyclic) bond motifs is 1. The smallest absolute Gasteiger partial charge is 0.253 e. The van der Waals surface area contributed by atoms with E-state index in [0.29, 0.717) is 17.5 Å². The van der Waals surface area contributed by atoms with Gasteiger partial charge in [-0.2, -0.15) is 0 Å². The van der Waals surface area contributed by atoms with E-state index in [1.807, 2.05) is 36.4 Å². The average molecular weight is 284 g/mol. The minimum Gasteiger partial charge on any atom is -0.483 e. The maximum atomic E-state index is 9.93. The molecule has 1 aromatic heterocycles. The Bertz CT molecular complexity index is 765. The first-order valence-corrected chi connectivity index (χ1v) is 6.76. The molecule has 0 aliphatic heterocycles. The van der Waals surface area contributed by atoms with Gasteiger partial charge in [0, 0.05) is 17.9 Å². The van der Waals surface area contributed by atoms with E-state index in [1.165, 1.54) is 0 Å². The lowest BCUT2D eigenvalue weighted by atomic mass is 10.0. The third-order valence-corrected chi connectivity index (χ3v) is 3.27. The fourth-order valence-electron chi connectivity index (χ4n) is 2.28. The van der Waals surface area contributed by atoms with Crippen LogP contribution in [0.2, 0.25) is 0 Å². The van der Waals surface area contributed by atoms with Crippen molar-refractivity contribution in [2.75, 3.05) is 0 Å². The molecule has 0 aliphatic rings. The van der Waals surface area contributed by atoms with Crippen molar-refractivity contribution in [2.24, 2.45) is 0 Å². The molecule has 0 saturated carbocycles. The molecule has 1 unspecified atom stereocenters. The molecular formula is C16H16N2O3. The largest absolute Gasteiger partial charge is 0.483 e. The van der Waals surface area contributed by atoms with Crippen LogP contribution in [0.3, 0.4) is 0 Å². The van der Waals surface area contributed by atoms with Crippen molar-refractivity contribution >= 4 is 10.8 Å². The van der Waals surface area contributed by atoms with Crippen molar-refractivity contribution in [2.45, 2.75) is 26.6 Å². The molecular weight excluding hydrogens is 268 g/mol. The lowest BCUT2D eigenvalue weighted by Gasteiger charge is -2.15. The minimum absolute atomic E-state index is 0.175. The first-order valence-electron chi connectivity index (χ1n) is 6.76. The average Bonchev–Trinajstić information content (AvgIpc) is 2.90. The summed E-state index contributed by atoms with van der Waals surface area (Å²) in [6.07, 6.45) is -0.617. The van der Waals surface area contributed by atoms with Gasteiger partial charge in [0.15, 0.2) is 6.61 Å². The Balaban J connectivity index is 1.99. The number of hydrogen-bond acceptors (Lipinski definition) is 5. The van der Waals surface area contributed by atoms with Gasteiger partial charge in [-0.15, -0.1) is 10.2 Å².